The number of esters is 2. The Balaban J connectivity index is 2.38. The van der Waals surface area contributed by atoms with Crippen LogP contribution in [0, 0.1) is 0 Å². The molecule has 31 heavy (non-hydrogen) atoms. The van der Waals surface area contributed by atoms with Crippen LogP contribution in [0.2, 0.25) is 0 Å². The van der Waals surface area contributed by atoms with E-state index >= 15 is 0 Å². The number of hydrogen-bond acceptors (Lipinski definition) is 9. The molecular weight excluding hydrogens is 404 g/mol. The molecule has 0 saturated carbocycles. The van der Waals surface area contributed by atoms with Crippen LogP contribution in [0.15, 0.2) is 12.1 Å². The fraction of sp³-hybridized carbons (Fsp3) is 0.571. The maximum atomic E-state index is 13.3. The molecule has 2 rings (SSSR count). The highest BCUT2D eigenvalue weighted by Crippen LogP contribution is 2.43. The summed E-state index contributed by atoms with van der Waals surface area (Å²) in [6.07, 6.45) is 0.523. The van der Waals surface area contributed by atoms with Gasteiger partial charge >= 0.3 is 17.8 Å². The SMILES string of the molecule is CNc1cc2c(cc1OC(C)=O)N(CCCC(=O)OC(C)(C)C)C(=O)C(NC)(NC)O2. The number of carbonyl (C=O) groups excluding carboxylic acids is 3. The van der Waals surface area contributed by atoms with Gasteiger partial charge in [0.2, 0.25) is 0 Å². The van der Waals surface area contributed by atoms with Gasteiger partial charge in [0.25, 0.3) is 5.85 Å². The van der Waals surface area contributed by atoms with Crippen LogP contribution in [0.5, 0.6) is 11.5 Å². The highest BCUT2D eigenvalue weighted by atomic mass is 16.6. The van der Waals surface area contributed by atoms with E-state index in [-0.39, 0.29) is 30.6 Å². The molecule has 0 unspecified atom stereocenters. The average Bonchev–Trinajstić information content (AvgIpc) is 2.67. The third kappa shape index (κ3) is 5.65. The molecule has 0 bridgehead atoms. The fourth-order valence-corrected chi connectivity index (χ4v) is 3.22. The van der Waals surface area contributed by atoms with E-state index in [2.05, 4.69) is 16.0 Å². The molecule has 0 aliphatic carbocycles. The number of nitrogens with one attached hydrogen (secondary N) is 3. The van der Waals surface area contributed by atoms with Gasteiger partial charge in [-0.15, -0.1) is 0 Å². The lowest BCUT2D eigenvalue weighted by Crippen LogP contribution is -2.70. The Labute approximate surface area is 182 Å². The van der Waals surface area contributed by atoms with Crippen LogP contribution in [-0.2, 0) is 19.1 Å². The topological polar surface area (TPSA) is 118 Å². The summed E-state index contributed by atoms with van der Waals surface area (Å²) in [5, 5.41) is 8.72. The lowest BCUT2D eigenvalue weighted by molar-refractivity contribution is -0.155. The quantitative estimate of drug-likeness (QED) is 0.317. The average molecular weight is 437 g/mol. The lowest BCUT2D eigenvalue weighted by atomic mass is 10.1. The maximum absolute atomic E-state index is 13.3. The number of anilines is 2. The van der Waals surface area contributed by atoms with Gasteiger partial charge < -0.3 is 24.4 Å². The summed E-state index contributed by atoms with van der Waals surface area (Å²) in [4.78, 5) is 38.4. The fourth-order valence-electron chi connectivity index (χ4n) is 3.22. The van der Waals surface area contributed by atoms with E-state index in [9.17, 15) is 14.4 Å². The van der Waals surface area contributed by atoms with Crippen LogP contribution in [-0.4, -0.2) is 57.0 Å². The molecule has 0 atom stereocenters. The Morgan fingerprint density at radius 2 is 1.81 bits per heavy atom. The Bertz CT molecular complexity index is 845. The minimum atomic E-state index is -1.48. The van der Waals surface area contributed by atoms with Crippen molar-refractivity contribution in [2.45, 2.75) is 52.0 Å². The normalized spacial score (nSPS) is 15.1. The van der Waals surface area contributed by atoms with E-state index < -0.39 is 17.4 Å². The van der Waals surface area contributed by atoms with Crippen molar-refractivity contribution < 1.29 is 28.6 Å². The summed E-state index contributed by atoms with van der Waals surface area (Å²) in [5.41, 5.74) is 0.387. The summed E-state index contributed by atoms with van der Waals surface area (Å²) in [5.74, 6) is -2.03. The Morgan fingerprint density at radius 1 is 1.16 bits per heavy atom. The summed E-state index contributed by atoms with van der Waals surface area (Å²) >= 11 is 0. The Morgan fingerprint density at radius 3 is 2.32 bits per heavy atom. The molecule has 1 aliphatic heterocycles. The molecule has 0 radical (unpaired) electrons. The number of carbonyl (C=O) groups is 3. The van der Waals surface area contributed by atoms with Crippen molar-refractivity contribution in [3.8, 4) is 11.5 Å². The second kappa shape index (κ2) is 9.52. The first-order chi connectivity index (χ1) is 14.5. The number of rotatable bonds is 8. The number of fused-ring (bicyclic) bond motifs is 1. The first kappa shape index (κ1) is 24.4. The standard InChI is InChI=1S/C21H32N4O6/c1-13(26)29-16-12-15-17(11-14(16)22-5)30-21(23-6,24-7)19(28)25(15)10-8-9-18(27)31-20(2,3)4/h11-12,22-24H,8-10H2,1-7H3. The Kier molecular flexibility index (Phi) is 7.50. The Hall–Kier alpha value is -2.85. The van der Waals surface area contributed by atoms with Gasteiger partial charge in [0, 0.05) is 39.1 Å². The van der Waals surface area contributed by atoms with Crippen LogP contribution in [0.4, 0.5) is 11.4 Å². The molecule has 0 saturated heterocycles. The summed E-state index contributed by atoms with van der Waals surface area (Å²) in [6, 6.07) is 3.23. The molecule has 172 valence electrons. The van der Waals surface area contributed by atoms with Gasteiger partial charge in [-0.1, -0.05) is 0 Å². The molecule has 3 N–H and O–H groups in total. The van der Waals surface area contributed by atoms with Gasteiger partial charge in [0.15, 0.2) is 5.75 Å². The lowest BCUT2D eigenvalue weighted by Gasteiger charge is -2.42. The number of amides is 1. The first-order valence-corrected chi connectivity index (χ1v) is 10.1. The number of benzene rings is 1. The van der Waals surface area contributed by atoms with Crippen LogP contribution >= 0.6 is 0 Å². The van der Waals surface area contributed by atoms with Crippen LogP contribution in [0.3, 0.4) is 0 Å². The highest BCUT2D eigenvalue weighted by molar-refractivity contribution is 6.03. The van der Waals surface area contributed by atoms with Crippen molar-refractivity contribution in [1.29, 1.82) is 0 Å². The van der Waals surface area contributed by atoms with Crippen LogP contribution in [0.25, 0.3) is 0 Å². The minimum Gasteiger partial charge on any atom is -0.460 e. The van der Waals surface area contributed by atoms with E-state index in [0.717, 1.165) is 0 Å². The van der Waals surface area contributed by atoms with Crippen molar-refractivity contribution in [2.75, 3.05) is 37.9 Å². The van der Waals surface area contributed by atoms with E-state index in [4.69, 9.17) is 14.2 Å². The molecule has 0 spiro atoms. The largest absolute Gasteiger partial charge is 0.460 e. The van der Waals surface area contributed by atoms with E-state index in [0.29, 0.717) is 23.5 Å². The number of ether oxygens (including phenoxy) is 3. The molecule has 1 aliphatic rings. The van der Waals surface area contributed by atoms with Crippen LogP contribution in [0.1, 0.15) is 40.5 Å². The maximum Gasteiger partial charge on any atom is 0.308 e. The minimum absolute atomic E-state index is 0.148. The molecule has 0 fully saturated rings. The van der Waals surface area contributed by atoms with E-state index in [1.807, 2.05) is 0 Å². The second-order valence-electron chi connectivity index (χ2n) is 8.09. The molecule has 1 aromatic carbocycles. The number of nitrogens with zero attached hydrogens (tertiary/aromatic N) is 1. The van der Waals surface area contributed by atoms with Crippen molar-refractivity contribution >= 4 is 29.2 Å². The highest BCUT2D eigenvalue weighted by Gasteiger charge is 2.47. The third-order valence-electron chi connectivity index (χ3n) is 4.57. The number of hydrogen-bond donors (Lipinski definition) is 3. The molecule has 10 heteroatoms. The zero-order valence-corrected chi connectivity index (χ0v) is 19.2. The van der Waals surface area contributed by atoms with E-state index in [1.54, 1.807) is 54.0 Å². The zero-order chi connectivity index (χ0) is 23.4. The smallest absolute Gasteiger partial charge is 0.308 e. The number of likely N-dealkylation sites (N-methyl/N-ethyl adjacent to an activating group) is 2. The monoisotopic (exact) mass is 436 g/mol. The molecule has 10 nitrogen and oxygen atoms in total. The predicted molar refractivity (Wildman–Crippen MR) is 116 cm³/mol. The van der Waals surface area contributed by atoms with Gasteiger partial charge in [-0.05, 0) is 41.3 Å². The molecular formula is C21H32N4O6. The van der Waals surface area contributed by atoms with Gasteiger partial charge in [0.1, 0.15) is 11.4 Å². The molecule has 0 aromatic heterocycles. The summed E-state index contributed by atoms with van der Waals surface area (Å²) < 4.78 is 16.6. The van der Waals surface area contributed by atoms with Crippen molar-refractivity contribution in [1.82, 2.24) is 10.6 Å². The predicted octanol–water partition coefficient (Wildman–Crippen LogP) is 1.59. The first-order valence-electron chi connectivity index (χ1n) is 10.1. The zero-order valence-electron chi connectivity index (χ0n) is 19.2. The van der Waals surface area contributed by atoms with E-state index in [1.165, 1.54) is 11.8 Å². The molecule has 1 heterocycles. The van der Waals surface area contributed by atoms with Crippen molar-refractivity contribution in [2.24, 2.45) is 0 Å². The van der Waals surface area contributed by atoms with Crippen molar-refractivity contribution in [3.63, 3.8) is 0 Å². The summed E-state index contributed by atoms with van der Waals surface area (Å²) in [6.45, 7) is 6.94. The third-order valence-corrected chi connectivity index (χ3v) is 4.57. The van der Waals surface area contributed by atoms with Gasteiger partial charge in [-0.25, -0.2) is 0 Å². The van der Waals surface area contributed by atoms with Gasteiger partial charge in [-0.3, -0.25) is 25.0 Å². The van der Waals surface area contributed by atoms with Gasteiger partial charge in [-0.2, -0.15) is 0 Å². The molecule has 1 aromatic rings. The molecule has 1 amide bonds. The summed E-state index contributed by atoms with van der Waals surface area (Å²) in [7, 11) is 4.89. The van der Waals surface area contributed by atoms with Crippen molar-refractivity contribution in [3.05, 3.63) is 12.1 Å². The van der Waals surface area contributed by atoms with Gasteiger partial charge in [0.05, 0.1) is 11.4 Å². The van der Waals surface area contributed by atoms with Crippen LogP contribution < -0.4 is 30.3 Å². The second-order valence-corrected chi connectivity index (χ2v) is 8.09.